The largest absolute Gasteiger partial charge is 0.503 e. The van der Waals surface area contributed by atoms with E-state index in [9.17, 15) is 5.11 Å². The fourth-order valence-corrected chi connectivity index (χ4v) is 1.35. The Hall–Kier alpha value is -1.21. The molecule has 0 bridgehead atoms. The van der Waals surface area contributed by atoms with Crippen LogP contribution in [0.15, 0.2) is 16.6 Å². The lowest BCUT2D eigenvalue weighted by Gasteiger charge is -2.06. The molecule has 0 heterocycles. The predicted octanol–water partition coefficient (Wildman–Crippen LogP) is 2.43. The van der Waals surface area contributed by atoms with Gasteiger partial charge in [0.25, 0.3) is 0 Å². The summed E-state index contributed by atoms with van der Waals surface area (Å²) >= 11 is 3.13. The molecule has 0 atom stereocenters. The van der Waals surface area contributed by atoms with E-state index < -0.39 is 0 Å². The smallest absolute Gasteiger partial charge is 0.172 e. The molecule has 1 N–H and O–H groups in total. The molecule has 0 saturated heterocycles. The number of ether oxygens (including phenoxy) is 1. The van der Waals surface area contributed by atoms with Crippen LogP contribution < -0.4 is 4.74 Å². The number of phenols is 1. The van der Waals surface area contributed by atoms with Crippen LogP contribution in [-0.2, 0) is 0 Å². The molecule has 1 aromatic rings. The van der Waals surface area contributed by atoms with Crippen LogP contribution in [0.3, 0.4) is 0 Å². The number of nitriles is 1. The summed E-state index contributed by atoms with van der Waals surface area (Å²) in [6.07, 6.45) is 0. The molecule has 0 spiro atoms. The van der Waals surface area contributed by atoms with Crippen LogP contribution in [0.2, 0.25) is 0 Å². The van der Waals surface area contributed by atoms with Crippen molar-refractivity contribution in [2.45, 2.75) is 6.92 Å². The summed E-state index contributed by atoms with van der Waals surface area (Å²) in [4.78, 5) is 0. The topological polar surface area (TPSA) is 53.2 Å². The van der Waals surface area contributed by atoms with Crippen LogP contribution in [0.4, 0.5) is 0 Å². The van der Waals surface area contributed by atoms with E-state index in [1.807, 2.05) is 13.0 Å². The minimum Gasteiger partial charge on any atom is -0.503 e. The quantitative estimate of drug-likeness (QED) is 0.866. The van der Waals surface area contributed by atoms with Crippen molar-refractivity contribution >= 4 is 15.9 Å². The van der Waals surface area contributed by atoms with Crippen molar-refractivity contribution < 1.29 is 9.84 Å². The third kappa shape index (κ3) is 2.13. The zero-order valence-corrected chi connectivity index (χ0v) is 8.63. The lowest BCUT2D eigenvalue weighted by atomic mass is 10.2. The van der Waals surface area contributed by atoms with Gasteiger partial charge in [0.05, 0.1) is 22.7 Å². The summed E-state index contributed by atoms with van der Waals surface area (Å²) in [7, 11) is 0. The molecular formula is C9H8BrNO2. The first-order valence-electron chi connectivity index (χ1n) is 3.74. The lowest BCUT2D eigenvalue weighted by molar-refractivity contribution is 0.317. The van der Waals surface area contributed by atoms with Gasteiger partial charge >= 0.3 is 0 Å². The fourth-order valence-electron chi connectivity index (χ4n) is 0.904. The number of halogens is 1. The predicted molar refractivity (Wildman–Crippen MR) is 51.7 cm³/mol. The van der Waals surface area contributed by atoms with Gasteiger partial charge in [0.2, 0.25) is 0 Å². The number of rotatable bonds is 2. The van der Waals surface area contributed by atoms with Gasteiger partial charge in [-0.05, 0) is 28.9 Å². The van der Waals surface area contributed by atoms with Crippen molar-refractivity contribution in [1.82, 2.24) is 0 Å². The van der Waals surface area contributed by atoms with Gasteiger partial charge in [-0.15, -0.1) is 0 Å². The maximum atomic E-state index is 9.47. The van der Waals surface area contributed by atoms with Gasteiger partial charge in [0, 0.05) is 6.07 Å². The van der Waals surface area contributed by atoms with Gasteiger partial charge in [-0.3, -0.25) is 0 Å². The van der Waals surface area contributed by atoms with E-state index in [1.165, 1.54) is 12.1 Å². The van der Waals surface area contributed by atoms with E-state index in [4.69, 9.17) is 10.00 Å². The molecule has 3 nitrogen and oxygen atoms in total. The molecule has 4 heteroatoms. The number of hydrogen-bond acceptors (Lipinski definition) is 3. The molecule has 68 valence electrons. The lowest BCUT2D eigenvalue weighted by Crippen LogP contribution is -1.92. The Morgan fingerprint density at radius 1 is 1.62 bits per heavy atom. The third-order valence-electron chi connectivity index (χ3n) is 1.46. The maximum absolute atomic E-state index is 9.47. The third-order valence-corrected chi connectivity index (χ3v) is 2.06. The summed E-state index contributed by atoms with van der Waals surface area (Å²) in [5, 5.41) is 18.1. The van der Waals surface area contributed by atoms with Crippen LogP contribution in [0.25, 0.3) is 0 Å². The Morgan fingerprint density at radius 2 is 2.31 bits per heavy atom. The highest BCUT2D eigenvalue weighted by atomic mass is 79.9. The first kappa shape index (κ1) is 9.87. The first-order valence-corrected chi connectivity index (χ1v) is 4.53. The number of aromatic hydroxyl groups is 1. The van der Waals surface area contributed by atoms with Crippen LogP contribution in [0.1, 0.15) is 12.5 Å². The van der Waals surface area contributed by atoms with Crippen molar-refractivity contribution in [3.63, 3.8) is 0 Å². The summed E-state index contributed by atoms with van der Waals surface area (Å²) in [5.74, 6) is 0.356. The summed E-state index contributed by atoms with van der Waals surface area (Å²) in [6, 6.07) is 5.02. The van der Waals surface area contributed by atoms with Crippen LogP contribution in [-0.4, -0.2) is 11.7 Å². The van der Waals surface area contributed by atoms with E-state index in [0.29, 0.717) is 22.4 Å². The summed E-state index contributed by atoms with van der Waals surface area (Å²) in [6.45, 7) is 2.27. The Balaban J connectivity index is 3.18. The van der Waals surface area contributed by atoms with Crippen molar-refractivity contribution in [2.75, 3.05) is 6.61 Å². The fraction of sp³-hybridized carbons (Fsp3) is 0.222. The van der Waals surface area contributed by atoms with Crippen LogP contribution in [0.5, 0.6) is 11.5 Å². The van der Waals surface area contributed by atoms with Gasteiger partial charge in [-0.25, -0.2) is 0 Å². The molecule has 0 fully saturated rings. The minimum absolute atomic E-state index is 0.0286. The SMILES string of the molecule is CCOc1cc(C#N)cc(Br)c1O. The monoisotopic (exact) mass is 241 g/mol. The zero-order chi connectivity index (χ0) is 9.84. The van der Waals surface area contributed by atoms with E-state index >= 15 is 0 Å². The highest BCUT2D eigenvalue weighted by Crippen LogP contribution is 2.35. The Morgan fingerprint density at radius 3 is 2.85 bits per heavy atom. The molecule has 1 aromatic carbocycles. The van der Waals surface area contributed by atoms with Crippen molar-refractivity contribution in [1.29, 1.82) is 5.26 Å². The second-order valence-electron chi connectivity index (χ2n) is 2.35. The first-order chi connectivity index (χ1) is 6.19. The van der Waals surface area contributed by atoms with E-state index in [-0.39, 0.29) is 5.75 Å². The van der Waals surface area contributed by atoms with Gasteiger partial charge in [-0.2, -0.15) is 5.26 Å². The molecule has 0 aliphatic rings. The van der Waals surface area contributed by atoms with Gasteiger partial charge < -0.3 is 9.84 Å². The average molecular weight is 242 g/mol. The molecule has 0 aliphatic carbocycles. The second kappa shape index (κ2) is 4.15. The molecular weight excluding hydrogens is 234 g/mol. The van der Waals surface area contributed by atoms with Gasteiger partial charge in [-0.1, -0.05) is 0 Å². The van der Waals surface area contributed by atoms with Crippen molar-refractivity contribution in [3.05, 3.63) is 22.2 Å². The molecule has 13 heavy (non-hydrogen) atoms. The minimum atomic E-state index is 0.0286. The standard InChI is InChI=1S/C9H8BrNO2/c1-2-13-8-4-6(5-11)3-7(10)9(8)12/h3-4,12H,2H2,1H3. The van der Waals surface area contributed by atoms with Crippen molar-refractivity contribution in [2.24, 2.45) is 0 Å². The summed E-state index contributed by atoms with van der Waals surface area (Å²) in [5.41, 5.74) is 0.452. The number of nitrogens with zero attached hydrogens (tertiary/aromatic N) is 1. The van der Waals surface area contributed by atoms with E-state index in [0.717, 1.165) is 0 Å². The molecule has 0 amide bonds. The van der Waals surface area contributed by atoms with Crippen molar-refractivity contribution in [3.8, 4) is 17.6 Å². The molecule has 0 radical (unpaired) electrons. The number of benzene rings is 1. The highest BCUT2D eigenvalue weighted by molar-refractivity contribution is 9.10. The van der Waals surface area contributed by atoms with E-state index in [1.54, 1.807) is 0 Å². The molecule has 0 aliphatic heterocycles. The Bertz CT molecular complexity index is 357. The average Bonchev–Trinajstić information content (AvgIpc) is 2.13. The molecule has 0 unspecified atom stereocenters. The van der Waals surface area contributed by atoms with Crippen LogP contribution in [0, 0.1) is 11.3 Å². The number of hydrogen-bond donors (Lipinski definition) is 1. The second-order valence-corrected chi connectivity index (χ2v) is 3.20. The van der Waals surface area contributed by atoms with Gasteiger partial charge in [0.1, 0.15) is 0 Å². The molecule has 0 aromatic heterocycles. The molecule has 1 rings (SSSR count). The highest BCUT2D eigenvalue weighted by Gasteiger charge is 2.08. The van der Waals surface area contributed by atoms with Gasteiger partial charge in [0.15, 0.2) is 11.5 Å². The Kier molecular flexibility index (Phi) is 3.15. The molecule has 0 saturated carbocycles. The normalized spacial score (nSPS) is 9.31. The number of phenolic OH excluding ortho intramolecular Hbond substituents is 1. The Labute approximate surface area is 84.7 Å². The maximum Gasteiger partial charge on any atom is 0.172 e. The summed E-state index contributed by atoms with van der Waals surface area (Å²) < 4.78 is 5.60. The van der Waals surface area contributed by atoms with Crippen LogP contribution >= 0.6 is 15.9 Å². The zero-order valence-electron chi connectivity index (χ0n) is 7.04. The van der Waals surface area contributed by atoms with E-state index in [2.05, 4.69) is 15.9 Å².